The number of carbonyl (C=O) groups is 2. The molecule has 0 saturated carbocycles. The summed E-state index contributed by atoms with van der Waals surface area (Å²) < 4.78 is 39.8. The second-order valence-electron chi connectivity index (χ2n) is 8.88. The van der Waals surface area contributed by atoms with E-state index in [4.69, 9.17) is 26.2 Å². The minimum Gasteiger partial charge on any atom is -0.490 e. The number of anilines is 2. The minimum atomic E-state index is -4.08. The lowest BCUT2D eigenvalue weighted by Gasteiger charge is -2.33. The maximum atomic E-state index is 13.9. The van der Waals surface area contributed by atoms with E-state index >= 15 is 0 Å². The average Bonchev–Trinajstić information content (AvgIpc) is 2.84. The topological polar surface area (TPSA) is 88.1 Å². The number of aliphatic carboxylic acids is 1. The molecule has 0 fully saturated rings. The van der Waals surface area contributed by atoms with Crippen LogP contribution in [0.2, 0.25) is 5.02 Å². The number of halogens is 3. The molecule has 1 atom stereocenters. The van der Waals surface area contributed by atoms with Gasteiger partial charge in [-0.25, -0.2) is 4.79 Å². The van der Waals surface area contributed by atoms with Gasteiger partial charge in [-0.1, -0.05) is 23.7 Å². The van der Waals surface area contributed by atoms with Crippen LogP contribution in [0.5, 0.6) is 11.5 Å². The van der Waals surface area contributed by atoms with Gasteiger partial charge < -0.3 is 24.8 Å². The van der Waals surface area contributed by atoms with Gasteiger partial charge in [0.25, 0.3) is 5.91 Å². The maximum Gasteiger partial charge on any atom is 0.379 e. The van der Waals surface area contributed by atoms with Crippen molar-refractivity contribution in [2.75, 3.05) is 30.4 Å². The maximum absolute atomic E-state index is 13.9. The van der Waals surface area contributed by atoms with E-state index in [-0.39, 0.29) is 18.4 Å². The number of ether oxygens (including phenoxy) is 2. The van der Waals surface area contributed by atoms with E-state index in [0.717, 1.165) is 23.6 Å². The highest BCUT2D eigenvalue weighted by Gasteiger charge is 2.41. The Hall–Kier alpha value is -3.85. The first-order chi connectivity index (χ1) is 17.5. The summed E-state index contributed by atoms with van der Waals surface area (Å²) in [6.07, 6.45) is -0.221. The van der Waals surface area contributed by atoms with Gasteiger partial charge in [-0.3, -0.25) is 4.79 Å². The molecule has 1 aliphatic heterocycles. The second kappa shape index (κ2) is 10.3. The van der Waals surface area contributed by atoms with Gasteiger partial charge in [0.05, 0.1) is 12.2 Å². The Bertz CT molecular complexity index is 1360. The summed E-state index contributed by atoms with van der Waals surface area (Å²) in [6, 6.07) is 13.7. The van der Waals surface area contributed by atoms with Crippen LogP contribution in [0.25, 0.3) is 0 Å². The molecular formula is C27H25ClF2N2O5. The number of hydrogen-bond acceptors (Lipinski definition) is 5. The number of likely N-dealkylation sites (N-methyl/N-ethyl adjacent to an activating group) is 1. The number of amides is 1. The second-order valence-corrected chi connectivity index (χ2v) is 9.32. The van der Waals surface area contributed by atoms with Gasteiger partial charge in [0, 0.05) is 28.9 Å². The van der Waals surface area contributed by atoms with Crippen LogP contribution in [-0.2, 0) is 10.7 Å². The van der Waals surface area contributed by atoms with E-state index < -0.39 is 23.4 Å². The van der Waals surface area contributed by atoms with E-state index in [1.165, 1.54) is 6.07 Å². The zero-order valence-corrected chi connectivity index (χ0v) is 21.1. The third kappa shape index (κ3) is 5.61. The summed E-state index contributed by atoms with van der Waals surface area (Å²) in [4.78, 5) is 25.8. The number of alkyl halides is 2. The van der Waals surface area contributed by atoms with Gasteiger partial charge in [-0.05, 0) is 67.4 Å². The van der Waals surface area contributed by atoms with Gasteiger partial charge >= 0.3 is 11.9 Å². The minimum absolute atomic E-state index is 0.100. The molecule has 1 aliphatic rings. The number of rotatable bonds is 7. The Morgan fingerprint density at radius 2 is 1.89 bits per heavy atom. The molecule has 2 N–H and O–H groups in total. The number of fused-ring (bicyclic) bond motifs is 1. The van der Waals surface area contributed by atoms with Crippen molar-refractivity contribution in [3.05, 3.63) is 81.9 Å². The number of nitrogens with one attached hydrogen (secondary N) is 1. The third-order valence-electron chi connectivity index (χ3n) is 6.10. The fraction of sp³-hybridized carbons (Fsp3) is 0.259. The van der Waals surface area contributed by atoms with Gasteiger partial charge in [-0.2, -0.15) is 8.78 Å². The summed E-state index contributed by atoms with van der Waals surface area (Å²) in [5.74, 6) is -5.60. The van der Waals surface area contributed by atoms with Crippen molar-refractivity contribution in [3.63, 3.8) is 0 Å². The SMILES string of the molecule is Cc1ccc(C(F)(F)C(=O)O)cc1NC(=O)c1ccc(OC[C@@H]2CN(C)c3cc(Cl)ccc3O2)cc1C. The molecule has 4 rings (SSSR count). The van der Waals surface area contributed by atoms with Crippen molar-refractivity contribution in [2.45, 2.75) is 25.9 Å². The highest BCUT2D eigenvalue weighted by molar-refractivity contribution is 6.31. The van der Waals surface area contributed by atoms with Crippen LogP contribution in [0, 0.1) is 13.8 Å². The molecule has 0 unspecified atom stereocenters. The molecule has 0 saturated heterocycles. The molecule has 3 aromatic rings. The van der Waals surface area contributed by atoms with Crippen LogP contribution >= 0.6 is 11.6 Å². The molecule has 3 aromatic carbocycles. The predicted octanol–water partition coefficient (Wildman–Crippen LogP) is 5.66. The molecule has 37 heavy (non-hydrogen) atoms. The largest absolute Gasteiger partial charge is 0.490 e. The van der Waals surface area contributed by atoms with Crippen molar-refractivity contribution >= 4 is 34.9 Å². The zero-order valence-electron chi connectivity index (χ0n) is 20.3. The number of hydrogen-bond donors (Lipinski definition) is 2. The van der Waals surface area contributed by atoms with E-state index in [2.05, 4.69) is 5.32 Å². The zero-order chi connectivity index (χ0) is 26.9. The lowest BCUT2D eigenvalue weighted by molar-refractivity contribution is -0.166. The summed E-state index contributed by atoms with van der Waals surface area (Å²) in [7, 11) is 1.95. The molecule has 0 spiro atoms. The van der Waals surface area contributed by atoms with Gasteiger partial charge in [0.15, 0.2) is 0 Å². The first-order valence-corrected chi connectivity index (χ1v) is 11.8. The molecular weight excluding hydrogens is 506 g/mol. The Morgan fingerprint density at radius 1 is 1.14 bits per heavy atom. The highest BCUT2D eigenvalue weighted by Crippen LogP contribution is 2.35. The fourth-order valence-electron chi connectivity index (χ4n) is 4.03. The molecule has 0 bridgehead atoms. The summed E-state index contributed by atoms with van der Waals surface area (Å²) in [5, 5.41) is 12.0. The van der Waals surface area contributed by atoms with Crippen molar-refractivity contribution in [1.29, 1.82) is 0 Å². The number of nitrogens with zero attached hydrogens (tertiary/aromatic N) is 1. The van der Waals surface area contributed by atoms with Crippen molar-refractivity contribution in [2.24, 2.45) is 0 Å². The van der Waals surface area contributed by atoms with Gasteiger partial charge in [0.2, 0.25) is 0 Å². The average molecular weight is 531 g/mol. The quantitative estimate of drug-likeness (QED) is 0.410. The van der Waals surface area contributed by atoms with Crippen LogP contribution in [0.4, 0.5) is 20.2 Å². The number of aryl methyl sites for hydroxylation is 2. The Balaban J connectivity index is 1.42. The molecule has 194 valence electrons. The van der Waals surface area contributed by atoms with E-state index in [1.807, 2.05) is 24.1 Å². The first-order valence-electron chi connectivity index (χ1n) is 11.4. The van der Waals surface area contributed by atoms with Crippen molar-refractivity contribution in [3.8, 4) is 11.5 Å². The lowest BCUT2D eigenvalue weighted by Crippen LogP contribution is -2.41. The van der Waals surface area contributed by atoms with E-state index in [1.54, 1.807) is 38.1 Å². The van der Waals surface area contributed by atoms with Crippen LogP contribution in [0.3, 0.4) is 0 Å². The van der Waals surface area contributed by atoms with Gasteiger partial charge in [-0.15, -0.1) is 0 Å². The Labute approximate surface area is 217 Å². The molecule has 10 heteroatoms. The number of carboxylic acids is 1. The number of benzene rings is 3. The Morgan fingerprint density at radius 3 is 2.59 bits per heavy atom. The van der Waals surface area contributed by atoms with Crippen LogP contribution in [0.15, 0.2) is 54.6 Å². The van der Waals surface area contributed by atoms with Crippen LogP contribution in [0.1, 0.15) is 27.0 Å². The van der Waals surface area contributed by atoms with Gasteiger partial charge in [0.1, 0.15) is 24.2 Å². The molecule has 1 heterocycles. The van der Waals surface area contributed by atoms with Crippen LogP contribution in [-0.4, -0.2) is 43.3 Å². The summed E-state index contributed by atoms with van der Waals surface area (Å²) in [6.45, 7) is 4.24. The molecule has 0 radical (unpaired) electrons. The van der Waals surface area contributed by atoms with E-state index in [9.17, 15) is 18.4 Å². The monoisotopic (exact) mass is 530 g/mol. The van der Waals surface area contributed by atoms with E-state index in [0.29, 0.717) is 34.0 Å². The summed E-state index contributed by atoms with van der Waals surface area (Å²) in [5.41, 5.74) is 1.73. The van der Waals surface area contributed by atoms with Crippen LogP contribution < -0.4 is 19.7 Å². The molecule has 1 amide bonds. The normalized spacial score (nSPS) is 15.0. The van der Waals surface area contributed by atoms with Crippen molar-refractivity contribution < 1.29 is 33.0 Å². The first kappa shape index (κ1) is 26.2. The fourth-order valence-corrected chi connectivity index (χ4v) is 4.20. The number of carbonyl (C=O) groups excluding carboxylic acids is 1. The standard InChI is InChI=1S/C27H25ClF2N2O5/c1-15-4-5-17(27(29,30)26(34)35)11-22(15)31-25(33)21-8-7-19(10-16(21)2)36-14-20-13-32(3)23-12-18(28)6-9-24(23)37-20/h4-12,20H,13-14H2,1-3H3,(H,31,33)(H,34,35)/t20-/m0/s1. The van der Waals surface area contributed by atoms with Crippen molar-refractivity contribution in [1.82, 2.24) is 0 Å². The third-order valence-corrected chi connectivity index (χ3v) is 6.33. The molecule has 7 nitrogen and oxygen atoms in total. The summed E-state index contributed by atoms with van der Waals surface area (Å²) >= 11 is 6.07. The molecule has 0 aliphatic carbocycles. The lowest BCUT2D eigenvalue weighted by atomic mass is 10.0. The number of carboxylic acid groups (broad SMARTS) is 1. The predicted molar refractivity (Wildman–Crippen MR) is 136 cm³/mol. The molecule has 0 aromatic heterocycles. The Kier molecular flexibility index (Phi) is 7.27. The smallest absolute Gasteiger partial charge is 0.379 e. The highest BCUT2D eigenvalue weighted by atomic mass is 35.5.